The van der Waals surface area contributed by atoms with Crippen LogP contribution in [0.5, 0.6) is 5.75 Å². The number of benzene rings is 2. The summed E-state index contributed by atoms with van der Waals surface area (Å²) in [5.74, 6) is 0.251. The number of aromatic nitrogens is 2. The van der Waals surface area contributed by atoms with Crippen molar-refractivity contribution in [1.82, 2.24) is 9.55 Å². The quantitative estimate of drug-likeness (QED) is 0.391. The molecule has 0 bridgehead atoms. The zero-order valence-electron chi connectivity index (χ0n) is 16.7. The molecule has 1 aromatic heterocycles. The molecule has 2 aromatic carbocycles. The number of esters is 1. The maximum atomic E-state index is 12.2. The first kappa shape index (κ1) is 20.1. The number of ether oxygens (including phenoxy) is 1. The van der Waals surface area contributed by atoms with E-state index in [2.05, 4.69) is 35.4 Å². The third kappa shape index (κ3) is 5.90. The van der Waals surface area contributed by atoms with Gasteiger partial charge in [0.15, 0.2) is 5.82 Å². The topological polar surface area (TPSA) is 73.2 Å². The van der Waals surface area contributed by atoms with Gasteiger partial charge in [-0.05, 0) is 48.7 Å². The van der Waals surface area contributed by atoms with E-state index in [0.29, 0.717) is 18.1 Å². The number of hydrogen-bond donors (Lipinski definition) is 1. The molecule has 1 N–H and O–H groups in total. The Kier molecular flexibility index (Phi) is 6.24. The van der Waals surface area contributed by atoms with E-state index >= 15 is 0 Å². The molecule has 0 aliphatic heterocycles. The Balaban J connectivity index is 1.62. The maximum Gasteiger partial charge on any atom is 0.308 e. The molecule has 0 unspecified atom stereocenters. The fraction of sp³-hybridized carbons (Fsp3) is 0.174. The van der Waals surface area contributed by atoms with Crippen LogP contribution in [-0.2, 0) is 16.1 Å². The molecule has 0 aliphatic carbocycles. The van der Waals surface area contributed by atoms with Crippen molar-refractivity contribution in [3.63, 3.8) is 0 Å². The van der Waals surface area contributed by atoms with Crippen LogP contribution in [0, 0.1) is 13.8 Å². The van der Waals surface area contributed by atoms with Gasteiger partial charge in [-0.3, -0.25) is 9.59 Å². The van der Waals surface area contributed by atoms with E-state index in [1.54, 1.807) is 30.7 Å². The molecule has 148 valence electrons. The van der Waals surface area contributed by atoms with Crippen LogP contribution in [0.1, 0.15) is 29.2 Å². The van der Waals surface area contributed by atoms with E-state index in [1.165, 1.54) is 24.1 Å². The van der Waals surface area contributed by atoms with Crippen molar-refractivity contribution in [2.24, 2.45) is 0 Å². The lowest BCUT2D eigenvalue weighted by molar-refractivity contribution is -0.131. The first-order chi connectivity index (χ1) is 13.9. The molecule has 1 amide bonds. The van der Waals surface area contributed by atoms with Crippen molar-refractivity contribution in [2.75, 3.05) is 5.32 Å². The lowest BCUT2D eigenvalue weighted by Gasteiger charge is -2.05. The van der Waals surface area contributed by atoms with E-state index < -0.39 is 0 Å². The fourth-order valence-electron chi connectivity index (χ4n) is 2.89. The Morgan fingerprint density at radius 1 is 1.17 bits per heavy atom. The SMILES string of the molecule is CC(=O)Oc1ccc(C)c(/C=C/C(=O)Nc2cn(Cc3cccc(C)c3)cn2)c1. The van der Waals surface area contributed by atoms with Gasteiger partial charge in [-0.2, -0.15) is 0 Å². The number of amides is 1. The lowest BCUT2D eigenvalue weighted by atomic mass is 10.1. The molecule has 29 heavy (non-hydrogen) atoms. The Morgan fingerprint density at radius 3 is 2.76 bits per heavy atom. The Hall–Kier alpha value is -3.67. The van der Waals surface area contributed by atoms with Crippen LogP contribution >= 0.6 is 0 Å². The predicted molar refractivity (Wildman–Crippen MR) is 113 cm³/mol. The van der Waals surface area contributed by atoms with Gasteiger partial charge in [0.25, 0.3) is 0 Å². The number of carbonyl (C=O) groups is 2. The molecule has 0 radical (unpaired) electrons. The van der Waals surface area contributed by atoms with Crippen molar-refractivity contribution < 1.29 is 14.3 Å². The normalized spacial score (nSPS) is 10.9. The molecule has 1 heterocycles. The third-order valence-corrected chi connectivity index (χ3v) is 4.26. The molecule has 3 rings (SSSR count). The van der Waals surface area contributed by atoms with Gasteiger partial charge in [-0.15, -0.1) is 0 Å². The second-order valence-corrected chi connectivity index (χ2v) is 6.85. The van der Waals surface area contributed by atoms with Crippen LogP contribution in [0.15, 0.2) is 61.1 Å². The first-order valence-corrected chi connectivity index (χ1v) is 9.24. The highest BCUT2D eigenvalue weighted by molar-refractivity contribution is 6.01. The van der Waals surface area contributed by atoms with Crippen LogP contribution in [0.25, 0.3) is 6.08 Å². The minimum atomic E-state index is -0.386. The van der Waals surface area contributed by atoms with Gasteiger partial charge in [0, 0.05) is 25.7 Å². The number of hydrogen-bond acceptors (Lipinski definition) is 4. The average molecular weight is 389 g/mol. The maximum absolute atomic E-state index is 12.2. The molecule has 0 saturated heterocycles. The number of nitrogens with one attached hydrogen (secondary N) is 1. The van der Waals surface area contributed by atoms with Crippen LogP contribution in [0.3, 0.4) is 0 Å². The zero-order chi connectivity index (χ0) is 20.8. The highest BCUT2D eigenvalue weighted by atomic mass is 16.5. The summed E-state index contributed by atoms with van der Waals surface area (Å²) in [4.78, 5) is 27.6. The summed E-state index contributed by atoms with van der Waals surface area (Å²) in [5.41, 5.74) is 4.13. The Morgan fingerprint density at radius 2 is 2.00 bits per heavy atom. The summed E-state index contributed by atoms with van der Waals surface area (Å²) in [7, 11) is 0. The molecular weight excluding hydrogens is 366 g/mol. The van der Waals surface area contributed by atoms with Crippen LogP contribution in [0.4, 0.5) is 5.82 Å². The number of anilines is 1. The van der Waals surface area contributed by atoms with E-state index in [4.69, 9.17) is 4.74 Å². The predicted octanol–water partition coefficient (Wildman–Crippen LogP) is 4.13. The standard InChI is InChI=1S/C23H23N3O3/c1-16-5-4-6-19(11-16)13-26-14-22(24-15-26)25-23(28)10-8-20-12-21(29-18(3)27)9-7-17(20)2/h4-12,14-15H,13H2,1-3H3,(H,25,28)/b10-8+. The Bertz CT molecular complexity index is 1070. The van der Waals surface area contributed by atoms with Gasteiger partial charge in [0.2, 0.25) is 5.91 Å². The molecule has 6 nitrogen and oxygen atoms in total. The lowest BCUT2D eigenvalue weighted by Crippen LogP contribution is -2.08. The largest absolute Gasteiger partial charge is 0.427 e. The second kappa shape index (κ2) is 9.01. The third-order valence-electron chi connectivity index (χ3n) is 4.26. The summed E-state index contributed by atoms with van der Waals surface area (Å²) < 4.78 is 7.00. The van der Waals surface area contributed by atoms with E-state index in [-0.39, 0.29) is 11.9 Å². The molecular formula is C23H23N3O3. The number of carbonyl (C=O) groups excluding carboxylic acids is 2. The van der Waals surface area contributed by atoms with Crippen LogP contribution in [-0.4, -0.2) is 21.4 Å². The first-order valence-electron chi connectivity index (χ1n) is 9.24. The van der Waals surface area contributed by atoms with Gasteiger partial charge in [-0.25, -0.2) is 4.98 Å². The van der Waals surface area contributed by atoms with Crippen molar-refractivity contribution >= 4 is 23.8 Å². The van der Waals surface area contributed by atoms with Crippen LogP contribution in [0.2, 0.25) is 0 Å². The fourth-order valence-corrected chi connectivity index (χ4v) is 2.89. The molecule has 6 heteroatoms. The minimum Gasteiger partial charge on any atom is -0.427 e. The average Bonchev–Trinajstić information content (AvgIpc) is 3.08. The van der Waals surface area contributed by atoms with E-state index in [1.807, 2.05) is 23.6 Å². The summed E-state index contributed by atoms with van der Waals surface area (Å²) in [5, 5.41) is 2.75. The second-order valence-electron chi connectivity index (χ2n) is 6.85. The van der Waals surface area contributed by atoms with Crippen molar-refractivity contribution in [1.29, 1.82) is 0 Å². The van der Waals surface area contributed by atoms with Gasteiger partial charge >= 0.3 is 5.97 Å². The molecule has 0 atom stereocenters. The van der Waals surface area contributed by atoms with Gasteiger partial charge in [0.1, 0.15) is 5.75 Å². The monoisotopic (exact) mass is 389 g/mol. The minimum absolute atomic E-state index is 0.289. The van der Waals surface area contributed by atoms with Crippen molar-refractivity contribution in [3.05, 3.63) is 83.3 Å². The molecule has 3 aromatic rings. The molecule has 0 spiro atoms. The molecule has 0 aliphatic rings. The van der Waals surface area contributed by atoms with Gasteiger partial charge in [0.05, 0.1) is 6.33 Å². The van der Waals surface area contributed by atoms with E-state index in [9.17, 15) is 9.59 Å². The summed E-state index contributed by atoms with van der Waals surface area (Å²) in [6.45, 7) is 6.00. The number of imidazole rings is 1. The smallest absolute Gasteiger partial charge is 0.308 e. The number of rotatable bonds is 6. The summed E-state index contributed by atoms with van der Waals surface area (Å²) >= 11 is 0. The molecule has 0 saturated carbocycles. The van der Waals surface area contributed by atoms with Gasteiger partial charge in [-0.1, -0.05) is 35.9 Å². The number of aryl methyl sites for hydroxylation is 2. The zero-order valence-corrected chi connectivity index (χ0v) is 16.7. The summed E-state index contributed by atoms with van der Waals surface area (Å²) in [6.07, 6.45) is 6.59. The van der Waals surface area contributed by atoms with Crippen molar-refractivity contribution in [2.45, 2.75) is 27.3 Å². The van der Waals surface area contributed by atoms with Gasteiger partial charge < -0.3 is 14.6 Å². The highest BCUT2D eigenvalue weighted by Gasteiger charge is 2.05. The van der Waals surface area contributed by atoms with Crippen LogP contribution < -0.4 is 10.1 Å². The van der Waals surface area contributed by atoms with Crippen molar-refractivity contribution in [3.8, 4) is 5.75 Å². The highest BCUT2D eigenvalue weighted by Crippen LogP contribution is 2.19. The number of nitrogens with zero attached hydrogens (tertiary/aromatic N) is 2. The summed E-state index contributed by atoms with van der Waals surface area (Å²) in [6, 6.07) is 13.5. The molecule has 0 fully saturated rings. The Labute approximate surface area is 169 Å². The van der Waals surface area contributed by atoms with E-state index in [0.717, 1.165) is 11.1 Å².